The number of amides is 1. The predicted octanol–water partition coefficient (Wildman–Crippen LogP) is 0.552. The van der Waals surface area contributed by atoms with Crippen LogP contribution in [0.5, 0.6) is 0 Å². The highest BCUT2D eigenvalue weighted by Crippen LogP contribution is 2.18. The minimum atomic E-state index is -0.714. The van der Waals surface area contributed by atoms with Crippen molar-refractivity contribution in [3.63, 3.8) is 0 Å². The van der Waals surface area contributed by atoms with Crippen molar-refractivity contribution in [2.24, 2.45) is 0 Å². The van der Waals surface area contributed by atoms with Crippen LogP contribution >= 0.6 is 0 Å². The lowest BCUT2D eigenvalue weighted by molar-refractivity contribution is -0.402. The van der Waals surface area contributed by atoms with Gasteiger partial charge in [0, 0.05) is 6.54 Å². The molecule has 1 atom stereocenters. The molecule has 1 aromatic rings. The van der Waals surface area contributed by atoms with Gasteiger partial charge in [0.2, 0.25) is 0 Å². The van der Waals surface area contributed by atoms with Gasteiger partial charge in [0.1, 0.15) is 4.92 Å². The van der Waals surface area contributed by atoms with Crippen LogP contribution in [0.3, 0.4) is 0 Å². The van der Waals surface area contributed by atoms with Gasteiger partial charge in [0.15, 0.2) is 11.9 Å². The summed E-state index contributed by atoms with van der Waals surface area (Å²) in [5.41, 5.74) is 0. The first-order chi connectivity index (χ1) is 8.61. The van der Waals surface area contributed by atoms with E-state index in [1.807, 2.05) is 6.07 Å². The summed E-state index contributed by atoms with van der Waals surface area (Å²) in [5, 5.41) is 19.1. The monoisotopic (exact) mass is 251 g/mol. The molecule has 94 valence electrons. The van der Waals surface area contributed by atoms with Gasteiger partial charge < -0.3 is 14.1 Å². The highest BCUT2D eigenvalue weighted by molar-refractivity contribution is 5.91. The molecule has 0 saturated carbocycles. The third-order valence-corrected chi connectivity index (χ3v) is 2.48. The van der Waals surface area contributed by atoms with Crippen LogP contribution in [-0.2, 0) is 4.74 Å². The van der Waals surface area contributed by atoms with Gasteiger partial charge in [-0.1, -0.05) is 0 Å². The second-order valence-corrected chi connectivity index (χ2v) is 3.63. The molecule has 1 amide bonds. The Kier molecular flexibility index (Phi) is 3.25. The maximum atomic E-state index is 11.9. The average Bonchev–Trinajstić information content (AvgIpc) is 2.87. The number of nitrogens with zero attached hydrogens (tertiary/aromatic N) is 3. The van der Waals surface area contributed by atoms with E-state index >= 15 is 0 Å². The van der Waals surface area contributed by atoms with Crippen LogP contribution in [0.1, 0.15) is 10.6 Å². The minimum Gasteiger partial charge on any atom is -0.395 e. The summed E-state index contributed by atoms with van der Waals surface area (Å²) in [6.45, 7) is 0.710. The second-order valence-electron chi connectivity index (χ2n) is 3.63. The van der Waals surface area contributed by atoms with E-state index in [4.69, 9.17) is 14.4 Å². The van der Waals surface area contributed by atoms with Gasteiger partial charge in [-0.05, 0) is 6.07 Å². The van der Waals surface area contributed by atoms with E-state index in [1.54, 1.807) is 0 Å². The van der Waals surface area contributed by atoms with Crippen molar-refractivity contribution in [1.82, 2.24) is 4.90 Å². The molecule has 1 fully saturated rings. The largest absolute Gasteiger partial charge is 0.433 e. The topological polar surface area (TPSA) is 110 Å². The quantitative estimate of drug-likeness (QED) is 0.560. The Labute approximate surface area is 101 Å². The van der Waals surface area contributed by atoms with Crippen molar-refractivity contribution >= 4 is 11.8 Å². The summed E-state index contributed by atoms with van der Waals surface area (Å²) in [4.78, 5) is 23.0. The number of hydrogen-bond donors (Lipinski definition) is 0. The van der Waals surface area contributed by atoms with Crippen molar-refractivity contribution in [2.45, 2.75) is 6.10 Å². The van der Waals surface area contributed by atoms with Crippen LogP contribution in [-0.4, -0.2) is 41.5 Å². The van der Waals surface area contributed by atoms with Crippen LogP contribution < -0.4 is 0 Å². The van der Waals surface area contributed by atoms with E-state index in [1.165, 1.54) is 11.0 Å². The Hall–Kier alpha value is -2.40. The summed E-state index contributed by atoms with van der Waals surface area (Å²) >= 11 is 0. The van der Waals surface area contributed by atoms with Gasteiger partial charge in [-0.15, -0.1) is 0 Å². The Bertz CT molecular complexity index is 518. The van der Waals surface area contributed by atoms with E-state index in [0.717, 1.165) is 6.07 Å². The molecule has 2 heterocycles. The van der Waals surface area contributed by atoms with Gasteiger partial charge in [-0.2, -0.15) is 5.26 Å². The fourth-order valence-electron chi connectivity index (χ4n) is 1.61. The molecule has 8 nitrogen and oxygen atoms in total. The summed E-state index contributed by atoms with van der Waals surface area (Å²) in [5.74, 6) is -1.07. The summed E-state index contributed by atoms with van der Waals surface area (Å²) in [6.07, 6.45) is -0.673. The molecule has 0 aliphatic carbocycles. The molecule has 0 aromatic carbocycles. The smallest absolute Gasteiger partial charge is 0.395 e. The number of morpholine rings is 1. The van der Waals surface area contributed by atoms with Gasteiger partial charge in [-0.25, -0.2) is 0 Å². The van der Waals surface area contributed by atoms with E-state index in [2.05, 4.69) is 0 Å². The molecule has 1 unspecified atom stereocenters. The number of furan rings is 1. The number of nitro groups is 1. The number of hydrogen-bond acceptors (Lipinski definition) is 6. The molecule has 1 aromatic heterocycles. The van der Waals surface area contributed by atoms with Crippen LogP contribution in [0.2, 0.25) is 0 Å². The molecule has 18 heavy (non-hydrogen) atoms. The van der Waals surface area contributed by atoms with Crippen LogP contribution in [0.15, 0.2) is 16.5 Å². The first-order valence-corrected chi connectivity index (χ1v) is 5.16. The molecule has 2 rings (SSSR count). The molecule has 0 bridgehead atoms. The van der Waals surface area contributed by atoms with Crippen molar-refractivity contribution in [3.8, 4) is 6.07 Å². The van der Waals surface area contributed by atoms with E-state index in [0.29, 0.717) is 6.54 Å². The highest BCUT2D eigenvalue weighted by Gasteiger charge is 2.27. The number of rotatable bonds is 2. The molecular formula is C10H9N3O5. The number of nitriles is 1. The standard InChI is InChI=1S/C10H9N3O5/c11-5-7-6-12(3-4-17-7)10(14)8-1-2-9(18-8)13(15)16/h1-2,7H,3-4,6H2. The van der Waals surface area contributed by atoms with E-state index < -0.39 is 22.8 Å². The van der Waals surface area contributed by atoms with Gasteiger partial charge >= 0.3 is 5.88 Å². The zero-order valence-corrected chi connectivity index (χ0v) is 9.24. The molecule has 0 spiro atoms. The molecule has 1 aliphatic heterocycles. The van der Waals surface area contributed by atoms with Crippen LogP contribution in [0.4, 0.5) is 5.88 Å². The van der Waals surface area contributed by atoms with Gasteiger partial charge in [0.05, 0.1) is 25.3 Å². The van der Waals surface area contributed by atoms with Crippen molar-refractivity contribution < 1.29 is 18.9 Å². The maximum absolute atomic E-state index is 11.9. The number of carbonyl (C=O) groups is 1. The number of ether oxygens (including phenoxy) is 1. The SMILES string of the molecule is N#CC1CN(C(=O)c2ccc([N+](=O)[O-])o2)CCO1. The Morgan fingerprint density at radius 1 is 1.61 bits per heavy atom. The Balaban J connectivity index is 2.10. The fraction of sp³-hybridized carbons (Fsp3) is 0.400. The lowest BCUT2D eigenvalue weighted by Gasteiger charge is -2.28. The first kappa shape index (κ1) is 12.1. The number of carbonyl (C=O) groups excluding carboxylic acids is 1. The maximum Gasteiger partial charge on any atom is 0.433 e. The Morgan fingerprint density at radius 3 is 3.00 bits per heavy atom. The lowest BCUT2D eigenvalue weighted by Crippen LogP contribution is -2.45. The molecular weight excluding hydrogens is 242 g/mol. The van der Waals surface area contributed by atoms with Gasteiger partial charge in [0.25, 0.3) is 5.91 Å². The van der Waals surface area contributed by atoms with Crippen LogP contribution in [0.25, 0.3) is 0 Å². The molecule has 1 saturated heterocycles. The lowest BCUT2D eigenvalue weighted by atomic mass is 10.2. The van der Waals surface area contributed by atoms with Crippen LogP contribution in [0, 0.1) is 21.4 Å². The third kappa shape index (κ3) is 2.31. The summed E-state index contributed by atoms with van der Waals surface area (Å²) in [7, 11) is 0. The van der Waals surface area contributed by atoms with Crippen molar-refractivity contribution in [1.29, 1.82) is 5.26 Å². The average molecular weight is 251 g/mol. The second kappa shape index (κ2) is 4.85. The minimum absolute atomic E-state index is 0.111. The molecule has 0 radical (unpaired) electrons. The summed E-state index contributed by atoms with van der Waals surface area (Å²) in [6, 6.07) is 4.28. The summed E-state index contributed by atoms with van der Waals surface area (Å²) < 4.78 is 9.91. The Morgan fingerprint density at radius 2 is 2.39 bits per heavy atom. The molecule has 0 N–H and O–H groups in total. The zero-order valence-electron chi connectivity index (χ0n) is 9.24. The molecule has 1 aliphatic rings. The van der Waals surface area contributed by atoms with E-state index in [9.17, 15) is 14.9 Å². The van der Waals surface area contributed by atoms with E-state index in [-0.39, 0.29) is 18.9 Å². The fourth-order valence-corrected chi connectivity index (χ4v) is 1.61. The zero-order chi connectivity index (χ0) is 13.1. The van der Waals surface area contributed by atoms with Gasteiger partial charge in [-0.3, -0.25) is 14.9 Å². The molecule has 8 heteroatoms. The van der Waals surface area contributed by atoms with Crippen molar-refractivity contribution in [2.75, 3.05) is 19.7 Å². The predicted molar refractivity (Wildman–Crippen MR) is 56.6 cm³/mol. The first-order valence-electron chi connectivity index (χ1n) is 5.16. The van der Waals surface area contributed by atoms with Crippen molar-refractivity contribution in [3.05, 3.63) is 28.0 Å². The normalized spacial score (nSPS) is 19.3. The third-order valence-electron chi connectivity index (χ3n) is 2.48. The highest BCUT2D eigenvalue weighted by atomic mass is 16.6.